The third kappa shape index (κ3) is 2.98. The topological polar surface area (TPSA) is 81.5 Å². The number of amides is 1. The van der Waals surface area contributed by atoms with Crippen LogP contribution in [0.2, 0.25) is 0 Å². The van der Waals surface area contributed by atoms with Crippen molar-refractivity contribution < 1.29 is 13.2 Å². The van der Waals surface area contributed by atoms with Crippen LogP contribution in [0.15, 0.2) is 35.2 Å². The quantitative estimate of drug-likeness (QED) is 0.809. The Morgan fingerprint density at radius 1 is 1.15 bits per heavy atom. The first-order valence-corrected chi connectivity index (χ1v) is 7.69. The Labute approximate surface area is 118 Å². The molecule has 1 aliphatic heterocycles. The first-order chi connectivity index (χ1) is 9.55. The van der Waals surface area contributed by atoms with Gasteiger partial charge in [0, 0.05) is 26.2 Å². The van der Waals surface area contributed by atoms with E-state index in [1.165, 1.54) is 9.21 Å². The predicted octanol–water partition coefficient (Wildman–Crippen LogP) is 0.433. The van der Waals surface area contributed by atoms with Gasteiger partial charge >= 0.3 is 0 Å². The summed E-state index contributed by atoms with van der Waals surface area (Å²) in [6.45, 7) is 1.17. The fourth-order valence-electron chi connectivity index (χ4n) is 2.10. The fourth-order valence-corrected chi connectivity index (χ4v) is 3.54. The van der Waals surface area contributed by atoms with Crippen molar-refractivity contribution in [2.24, 2.45) is 0 Å². The lowest BCUT2D eigenvalue weighted by Gasteiger charge is -2.33. The van der Waals surface area contributed by atoms with Crippen LogP contribution in [0, 0.1) is 11.3 Å². The molecule has 1 amide bonds. The summed E-state index contributed by atoms with van der Waals surface area (Å²) in [7, 11) is -3.49. The highest BCUT2D eigenvalue weighted by Gasteiger charge is 2.29. The molecule has 0 unspecified atom stereocenters. The Morgan fingerprint density at radius 2 is 1.75 bits per heavy atom. The van der Waals surface area contributed by atoms with Crippen molar-refractivity contribution in [3.05, 3.63) is 30.3 Å². The molecule has 106 valence electrons. The van der Waals surface area contributed by atoms with Crippen LogP contribution in [0.3, 0.4) is 0 Å². The zero-order valence-electron chi connectivity index (χ0n) is 10.9. The second-order valence-corrected chi connectivity index (χ2v) is 6.37. The first-order valence-electron chi connectivity index (χ1n) is 6.25. The average Bonchev–Trinajstić information content (AvgIpc) is 2.48. The normalized spacial score (nSPS) is 16.6. The number of hydrogen-bond donors (Lipinski definition) is 0. The van der Waals surface area contributed by atoms with Crippen LogP contribution in [0.1, 0.15) is 6.42 Å². The smallest absolute Gasteiger partial charge is 0.243 e. The lowest BCUT2D eigenvalue weighted by atomic mass is 10.3. The molecule has 7 heteroatoms. The van der Waals surface area contributed by atoms with Gasteiger partial charge in [0.2, 0.25) is 15.9 Å². The van der Waals surface area contributed by atoms with Gasteiger partial charge in [-0.1, -0.05) is 18.2 Å². The maximum atomic E-state index is 12.4. The maximum Gasteiger partial charge on any atom is 0.243 e. The molecule has 0 spiro atoms. The Balaban J connectivity index is 2.04. The summed E-state index contributed by atoms with van der Waals surface area (Å²) in [6, 6.07) is 10.0. The average molecular weight is 293 g/mol. The number of nitriles is 1. The third-order valence-electron chi connectivity index (χ3n) is 3.20. The highest BCUT2D eigenvalue weighted by molar-refractivity contribution is 7.89. The van der Waals surface area contributed by atoms with Crippen LogP contribution in [-0.4, -0.2) is 49.7 Å². The van der Waals surface area contributed by atoms with Crippen LogP contribution in [-0.2, 0) is 14.8 Å². The summed E-state index contributed by atoms with van der Waals surface area (Å²) in [5, 5.41) is 8.49. The minimum atomic E-state index is -3.49. The number of sulfonamides is 1. The molecule has 0 aromatic heterocycles. The number of piperazine rings is 1. The van der Waals surface area contributed by atoms with Crippen molar-refractivity contribution in [2.45, 2.75) is 11.3 Å². The third-order valence-corrected chi connectivity index (χ3v) is 5.12. The Morgan fingerprint density at radius 3 is 2.30 bits per heavy atom. The monoisotopic (exact) mass is 293 g/mol. The lowest BCUT2D eigenvalue weighted by molar-refractivity contribution is -0.131. The summed E-state index contributed by atoms with van der Waals surface area (Å²) < 4.78 is 26.1. The van der Waals surface area contributed by atoms with Gasteiger partial charge in [-0.25, -0.2) is 8.42 Å². The SMILES string of the molecule is N#CCC(=O)N1CCN(S(=O)(=O)c2ccccc2)CC1. The van der Waals surface area contributed by atoms with E-state index in [-0.39, 0.29) is 30.3 Å². The summed E-state index contributed by atoms with van der Waals surface area (Å²) in [5.74, 6) is -0.246. The van der Waals surface area contributed by atoms with Crippen molar-refractivity contribution >= 4 is 15.9 Å². The number of rotatable bonds is 3. The van der Waals surface area contributed by atoms with Crippen LogP contribution >= 0.6 is 0 Å². The van der Waals surface area contributed by atoms with Crippen LogP contribution in [0.5, 0.6) is 0 Å². The number of hydrogen-bond acceptors (Lipinski definition) is 4. The molecule has 0 saturated carbocycles. The molecule has 1 aromatic carbocycles. The molecular weight excluding hydrogens is 278 g/mol. The van der Waals surface area contributed by atoms with Gasteiger partial charge in [-0.05, 0) is 12.1 Å². The molecule has 1 saturated heterocycles. The second kappa shape index (κ2) is 6.03. The van der Waals surface area contributed by atoms with Crippen molar-refractivity contribution in [3.63, 3.8) is 0 Å². The van der Waals surface area contributed by atoms with Gasteiger partial charge in [-0.3, -0.25) is 4.79 Å². The van der Waals surface area contributed by atoms with E-state index in [2.05, 4.69) is 0 Å². The molecule has 1 fully saturated rings. The van der Waals surface area contributed by atoms with E-state index in [0.717, 1.165) is 0 Å². The van der Waals surface area contributed by atoms with E-state index in [4.69, 9.17) is 5.26 Å². The highest BCUT2D eigenvalue weighted by atomic mass is 32.2. The van der Waals surface area contributed by atoms with Gasteiger partial charge < -0.3 is 4.90 Å². The number of carbonyl (C=O) groups excluding carboxylic acids is 1. The molecule has 1 aliphatic rings. The molecule has 1 aromatic rings. The molecule has 0 bridgehead atoms. The van der Waals surface area contributed by atoms with E-state index in [1.807, 2.05) is 6.07 Å². The Hall–Kier alpha value is -1.91. The largest absolute Gasteiger partial charge is 0.339 e. The van der Waals surface area contributed by atoms with Gasteiger partial charge in [-0.15, -0.1) is 0 Å². The molecular formula is C13H15N3O3S. The number of nitrogens with zero attached hydrogens (tertiary/aromatic N) is 3. The molecule has 0 atom stereocenters. The zero-order valence-corrected chi connectivity index (χ0v) is 11.7. The second-order valence-electron chi connectivity index (χ2n) is 4.43. The minimum Gasteiger partial charge on any atom is -0.339 e. The van der Waals surface area contributed by atoms with Crippen LogP contribution in [0.25, 0.3) is 0 Å². The fraction of sp³-hybridized carbons (Fsp3) is 0.385. The molecule has 6 nitrogen and oxygen atoms in total. The van der Waals surface area contributed by atoms with Crippen molar-refractivity contribution in [3.8, 4) is 6.07 Å². The summed E-state index contributed by atoms with van der Waals surface area (Å²) >= 11 is 0. The van der Waals surface area contributed by atoms with Gasteiger partial charge in [0.05, 0.1) is 11.0 Å². The summed E-state index contributed by atoms with van der Waals surface area (Å²) in [5.41, 5.74) is 0. The lowest BCUT2D eigenvalue weighted by Crippen LogP contribution is -2.50. The zero-order chi connectivity index (χ0) is 14.6. The minimum absolute atomic E-state index is 0.161. The summed E-state index contributed by atoms with van der Waals surface area (Å²) in [4.78, 5) is 13.3. The number of carbonyl (C=O) groups is 1. The van der Waals surface area contributed by atoms with Crippen molar-refractivity contribution in [1.82, 2.24) is 9.21 Å². The molecule has 1 heterocycles. The predicted molar refractivity (Wildman–Crippen MR) is 72.0 cm³/mol. The Bertz CT molecular complexity index is 614. The van der Waals surface area contributed by atoms with Gasteiger partial charge in [0.15, 0.2) is 0 Å². The van der Waals surface area contributed by atoms with Crippen molar-refractivity contribution in [2.75, 3.05) is 26.2 Å². The van der Waals surface area contributed by atoms with Gasteiger partial charge in [0.25, 0.3) is 0 Å². The molecule has 0 N–H and O–H groups in total. The number of benzene rings is 1. The maximum absolute atomic E-state index is 12.4. The first kappa shape index (κ1) is 14.5. The van der Waals surface area contributed by atoms with Crippen LogP contribution in [0.4, 0.5) is 0 Å². The molecule has 0 radical (unpaired) electrons. The molecule has 2 rings (SSSR count). The molecule has 0 aliphatic carbocycles. The van der Waals surface area contributed by atoms with Gasteiger partial charge in [0.1, 0.15) is 6.42 Å². The highest BCUT2D eigenvalue weighted by Crippen LogP contribution is 2.17. The van der Waals surface area contributed by atoms with Crippen LogP contribution < -0.4 is 0 Å². The van der Waals surface area contributed by atoms with E-state index in [0.29, 0.717) is 13.1 Å². The van der Waals surface area contributed by atoms with E-state index >= 15 is 0 Å². The summed E-state index contributed by atoms with van der Waals surface area (Å²) in [6.07, 6.45) is -0.161. The Kier molecular flexibility index (Phi) is 4.37. The molecule has 20 heavy (non-hydrogen) atoms. The van der Waals surface area contributed by atoms with E-state index in [9.17, 15) is 13.2 Å². The van der Waals surface area contributed by atoms with E-state index < -0.39 is 10.0 Å². The van der Waals surface area contributed by atoms with Crippen molar-refractivity contribution in [1.29, 1.82) is 5.26 Å². The van der Waals surface area contributed by atoms with Gasteiger partial charge in [-0.2, -0.15) is 9.57 Å². The standard InChI is InChI=1S/C13H15N3O3S/c14-7-6-13(17)15-8-10-16(11-9-15)20(18,19)12-4-2-1-3-5-12/h1-5H,6,8-11H2. The van der Waals surface area contributed by atoms with E-state index in [1.54, 1.807) is 30.3 Å².